The maximum Gasteiger partial charge on any atom is 0.266 e. The van der Waals surface area contributed by atoms with E-state index in [1.54, 1.807) is 48.5 Å². The maximum atomic E-state index is 13.6. The first-order chi connectivity index (χ1) is 17.3. The first-order valence-electron chi connectivity index (χ1n) is 11.3. The van der Waals surface area contributed by atoms with Crippen LogP contribution in [0.5, 0.6) is 11.5 Å². The van der Waals surface area contributed by atoms with Crippen molar-refractivity contribution in [3.8, 4) is 17.6 Å². The molecule has 3 aromatic rings. The second-order valence-electron chi connectivity index (χ2n) is 7.94. The molecule has 0 heterocycles. The number of anilines is 1. The minimum atomic E-state index is -0.563. The Morgan fingerprint density at radius 2 is 2.00 bits per heavy atom. The highest BCUT2D eigenvalue weighted by Gasteiger charge is 2.16. The quantitative estimate of drug-likeness (QED) is 0.182. The number of nitrogens with one attached hydrogen (secondary N) is 1. The summed E-state index contributed by atoms with van der Waals surface area (Å²) in [5, 5.41) is 12.9. The Labute approximate surface area is 215 Å². The summed E-state index contributed by atoms with van der Waals surface area (Å²) in [7, 11) is 0. The van der Waals surface area contributed by atoms with Crippen LogP contribution in [0.15, 0.2) is 72.8 Å². The summed E-state index contributed by atoms with van der Waals surface area (Å²) in [6.07, 6.45) is 3.65. The fourth-order valence-corrected chi connectivity index (χ4v) is 3.65. The van der Waals surface area contributed by atoms with Gasteiger partial charge in [-0.05, 0) is 79.4 Å². The van der Waals surface area contributed by atoms with E-state index < -0.39 is 5.91 Å². The fourth-order valence-electron chi connectivity index (χ4n) is 3.47. The number of allylic oxidation sites excluding steroid dienone is 1. The zero-order valence-electron chi connectivity index (χ0n) is 20.1. The molecule has 0 aliphatic carbocycles. The number of nitrogens with zero attached hydrogens (tertiary/aromatic N) is 1. The molecule has 0 radical (unpaired) electrons. The molecule has 3 rings (SSSR count). The molecule has 1 N–H and O–H groups in total. The lowest BCUT2D eigenvalue weighted by Gasteiger charge is -2.17. The molecule has 1 amide bonds. The van der Waals surface area contributed by atoms with Gasteiger partial charge in [-0.25, -0.2) is 4.39 Å². The lowest BCUT2D eigenvalue weighted by atomic mass is 10.0. The lowest BCUT2D eigenvalue weighted by Crippen LogP contribution is -2.13. The number of ether oxygens (including phenoxy) is 2. The molecule has 0 fully saturated rings. The number of hydrogen-bond acceptors (Lipinski definition) is 4. The van der Waals surface area contributed by atoms with E-state index in [1.165, 1.54) is 18.2 Å². The van der Waals surface area contributed by atoms with Crippen molar-refractivity contribution >= 4 is 29.3 Å². The van der Waals surface area contributed by atoms with E-state index in [-0.39, 0.29) is 18.0 Å². The van der Waals surface area contributed by atoms with Crippen molar-refractivity contribution in [1.82, 2.24) is 0 Å². The second kappa shape index (κ2) is 12.6. The average Bonchev–Trinajstić information content (AvgIpc) is 2.84. The number of nitriles is 1. The minimum absolute atomic E-state index is 0.0906. The third-order valence-electron chi connectivity index (χ3n) is 5.20. The van der Waals surface area contributed by atoms with Crippen LogP contribution in [0.3, 0.4) is 0 Å². The molecule has 0 bridgehead atoms. The predicted molar refractivity (Wildman–Crippen MR) is 141 cm³/mol. The molecule has 0 atom stereocenters. The smallest absolute Gasteiger partial charge is 0.266 e. The third-order valence-corrected chi connectivity index (χ3v) is 5.60. The van der Waals surface area contributed by atoms with Crippen molar-refractivity contribution in [2.24, 2.45) is 0 Å². The molecular formula is C29H26ClFN2O3. The van der Waals surface area contributed by atoms with Crippen LogP contribution < -0.4 is 14.8 Å². The first-order valence-corrected chi connectivity index (χ1v) is 11.7. The maximum absolute atomic E-state index is 13.6. The van der Waals surface area contributed by atoms with Gasteiger partial charge >= 0.3 is 0 Å². The van der Waals surface area contributed by atoms with Crippen LogP contribution in [0.1, 0.15) is 29.2 Å². The molecular weight excluding hydrogens is 479 g/mol. The highest BCUT2D eigenvalue weighted by Crippen LogP contribution is 2.35. The monoisotopic (exact) mass is 504 g/mol. The van der Waals surface area contributed by atoms with Crippen LogP contribution in [0, 0.1) is 24.1 Å². The van der Waals surface area contributed by atoms with Crippen molar-refractivity contribution in [1.29, 1.82) is 5.26 Å². The van der Waals surface area contributed by atoms with Crippen molar-refractivity contribution in [2.45, 2.75) is 26.9 Å². The molecule has 0 aromatic heterocycles. The number of aryl methyl sites for hydroxylation is 1. The molecule has 7 heteroatoms. The highest BCUT2D eigenvalue weighted by atomic mass is 35.5. The Balaban J connectivity index is 1.93. The van der Waals surface area contributed by atoms with E-state index in [9.17, 15) is 14.4 Å². The van der Waals surface area contributed by atoms with E-state index in [2.05, 4.69) is 11.9 Å². The van der Waals surface area contributed by atoms with E-state index in [0.29, 0.717) is 46.4 Å². The van der Waals surface area contributed by atoms with Gasteiger partial charge in [0.25, 0.3) is 5.91 Å². The molecule has 0 aliphatic rings. The van der Waals surface area contributed by atoms with Gasteiger partial charge in [0.2, 0.25) is 0 Å². The number of halogens is 2. The molecule has 0 spiro atoms. The molecule has 36 heavy (non-hydrogen) atoms. The van der Waals surface area contributed by atoms with Crippen LogP contribution in [0.4, 0.5) is 10.1 Å². The number of amides is 1. The van der Waals surface area contributed by atoms with Gasteiger partial charge in [0.1, 0.15) is 24.1 Å². The third kappa shape index (κ3) is 6.97. The second-order valence-corrected chi connectivity index (χ2v) is 8.35. The largest absolute Gasteiger partial charge is 0.490 e. The Bertz CT molecular complexity index is 1340. The summed E-state index contributed by atoms with van der Waals surface area (Å²) in [6.45, 7) is 8.02. The first kappa shape index (κ1) is 26.5. The zero-order valence-corrected chi connectivity index (χ0v) is 20.9. The summed E-state index contributed by atoms with van der Waals surface area (Å²) >= 11 is 6.14. The van der Waals surface area contributed by atoms with E-state index in [0.717, 1.165) is 11.1 Å². The number of rotatable bonds is 10. The van der Waals surface area contributed by atoms with Gasteiger partial charge in [0, 0.05) is 16.3 Å². The Hall–Kier alpha value is -4.08. The van der Waals surface area contributed by atoms with Gasteiger partial charge in [-0.15, -0.1) is 6.58 Å². The van der Waals surface area contributed by atoms with Crippen molar-refractivity contribution in [3.63, 3.8) is 0 Å². The SMILES string of the molecule is C=CCc1cc(/C=C(/C#N)C(=O)Nc2ccc(C)c(Cl)c2)cc(OCC)c1OCc1cccc(F)c1. The number of hydrogen-bond donors (Lipinski definition) is 1. The molecule has 184 valence electrons. The number of carbonyl (C=O) groups is 1. The molecule has 0 aliphatic heterocycles. The topological polar surface area (TPSA) is 71.4 Å². The van der Waals surface area contributed by atoms with Gasteiger partial charge < -0.3 is 14.8 Å². The van der Waals surface area contributed by atoms with Gasteiger partial charge in [0.15, 0.2) is 11.5 Å². The molecule has 0 saturated heterocycles. The fraction of sp³-hybridized carbons (Fsp3) is 0.172. The van der Waals surface area contributed by atoms with Crippen LogP contribution in [-0.4, -0.2) is 12.5 Å². The Kier molecular flexibility index (Phi) is 9.26. The van der Waals surface area contributed by atoms with E-state index >= 15 is 0 Å². The normalized spacial score (nSPS) is 10.9. The van der Waals surface area contributed by atoms with E-state index in [1.807, 2.05) is 19.9 Å². The summed E-state index contributed by atoms with van der Waals surface area (Å²) in [6, 6.07) is 16.8. The van der Waals surface area contributed by atoms with Crippen LogP contribution >= 0.6 is 11.6 Å². The van der Waals surface area contributed by atoms with Gasteiger partial charge in [0.05, 0.1) is 6.61 Å². The van der Waals surface area contributed by atoms with Crippen LogP contribution in [0.25, 0.3) is 6.08 Å². The summed E-state index contributed by atoms with van der Waals surface area (Å²) < 4.78 is 25.4. The van der Waals surface area contributed by atoms with Gasteiger partial charge in [-0.1, -0.05) is 35.9 Å². The van der Waals surface area contributed by atoms with Gasteiger partial charge in [-0.2, -0.15) is 5.26 Å². The summed E-state index contributed by atoms with van der Waals surface area (Å²) in [5.74, 6) is 0.0353. The van der Waals surface area contributed by atoms with E-state index in [4.69, 9.17) is 21.1 Å². The van der Waals surface area contributed by atoms with Gasteiger partial charge in [-0.3, -0.25) is 4.79 Å². The summed E-state index contributed by atoms with van der Waals surface area (Å²) in [4.78, 5) is 12.8. The molecule has 3 aromatic carbocycles. The summed E-state index contributed by atoms with van der Waals surface area (Å²) in [5.41, 5.74) is 3.28. The number of carbonyl (C=O) groups excluding carboxylic acids is 1. The van der Waals surface area contributed by atoms with Crippen molar-refractivity contribution in [3.05, 3.63) is 106 Å². The average molecular weight is 505 g/mol. The molecule has 0 saturated carbocycles. The highest BCUT2D eigenvalue weighted by molar-refractivity contribution is 6.31. The van der Waals surface area contributed by atoms with Crippen molar-refractivity contribution in [2.75, 3.05) is 11.9 Å². The molecule has 5 nitrogen and oxygen atoms in total. The Morgan fingerprint density at radius 3 is 2.67 bits per heavy atom. The Morgan fingerprint density at radius 1 is 1.19 bits per heavy atom. The predicted octanol–water partition coefficient (Wildman–Crippen LogP) is 7.04. The number of benzene rings is 3. The standard InChI is InChI=1S/C29H26ClFN2O3/c1-4-7-22-12-21(13-23(17-32)29(34)33-25-11-10-19(3)26(30)16-25)15-27(35-5-2)28(22)36-18-20-8-6-9-24(31)14-20/h4,6,8-16H,1,5,7,18H2,2-3H3,(H,33,34)/b23-13-. The minimum Gasteiger partial charge on any atom is -0.490 e. The molecule has 0 unspecified atom stereocenters. The van der Waals surface area contributed by atoms with Crippen molar-refractivity contribution < 1.29 is 18.7 Å². The lowest BCUT2D eigenvalue weighted by molar-refractivity contribution is -0.112. The zero-order chi connectivity index (χ0) is 26.1. The van der Waals surface area contributed by atoms with Crippen LogP contribution in [0.2, 0.25) is 5.02 Å². The van der Waals surface area contributed by atoms with Crippen LogP contribution in [-0.2, 0) is 17.8 Å².